The number of hydrogen-bond donors (Lipinski definition) is 0. The Bertz CT molecular complexity index is 990. The molecule has 1 aliphatic heterocycles. The molecule has 0 N–H and O–H groups in total. The molecule has 0 saturated carbocycles. The van der Waals surface area contributed by atoms with Crippen molar-refractivity contribution in [2.45, 2.75) is 45.7 Å². The molecule has 1 aliphatic rings. The van der Waals surface area contributed by atoms with Gasteiger partial charge in [-0.05, 0) is 65.6 Å². The van der Waals surface area contributed by atoms with E-state index in [2.05, 4.69) is 20.4 Å². The van der Waals surface area contributed by atoms with Gasteiger partial charge in [-0.15, -0.1) is 0 Å². The second kappa shape index (κ2) is 10.2. The van der Waals surface area contributed by atoms with Crippen LogP contribution in [-0.2, 0) is 30.9 Å². The number of hydrogen-bond acceptors (Lipinski definition) is 5. The molecular formula is C24H31FNO4P. The van der Waals surface area contributed by atoms with Crippen molar-refractivity contribution in [3.05, 3.63) is 59.2 Å². The van der Waals surface area contributed by atoms with E-state index in [1.165, 1.54) is 19.2 Å². The molecular weight excluding hydrogens is 416 g/mol. The van der Waals surface area contributed by atoms with Crippen molar-refractivity contribution in [1.29, 1.82) is 0 Å². The van der Waals surface area contributed by atoms with Crippen LogP contribution in [0.5, 0.6) is 0 Å². The van der Waals surface area contributed by atoms with Gasteiger partial charge in [0.1, 0.15) is 5.82 Å². The lowest BCUT2D eigenvalue weighted by Crippen LogP contribution is -2.12. The molecule has 0 amide bonds. The van der Waals surface area contributed by atoms with Gasteiger partial charge in [-0.25, -0.2) is 4.39 Å². The first-order valence-corrected chi connectivity index (χ1v) is 12.4. The van der Waals surface area contributed by atoms with Gasteiger partial charge >= 0.3 is 7.60 Å². The molecule has 1 aromatic carbocycles. The highest BCUT2D eigenvalue weighted by Crippen LogP contribution is 2.53. The van der Waals surface area contributed by atoms with Crippen LogP contribution in [0.25, 0.3) is 16.7 Å². The van der Waals surface area contributed by atoms with Gasteiger partial charge in [-0.1, -0.05) is 32.6 Å². The van der Waals surface area contributed by atoms with Crippen LogP contribution in [0.15, 0.2) is 30.8 Å². The van der Waals surface area contributed by atoms with Gasteiger partial charge in [0.2, 0.25) is 0 Å². The van der Waals surface area contributed by atoms with Crippen LogP contribution in [0.2, 0.25) is 0 Å². The van der Waals surface area contributed by atoms with Crippen molar-refractivity contribution in [1.82, 2.24) is 4.98 Å². The molecule has 0 spiro atoms. The lowest BCUT2D eigenvalue weighted by Gasteiger charge is -2.25. The lowest BCUT2D eigenvalue weighted by molar-refractivity contribution is 0.174. The number of ether oxygens (including phenoxy) is 1. The predicted molar refractivity (Wildman–Crippen MR) is 122 cm³/mol. The monoisotopic (exact) mass is 447 g/mol. The highest BCUT2D eigenvalue weighted by Gasteiger charge is 2.32. The third-order valence-corrected chi connectivity index (χ3v) is 7.62. The maximum absolute atomic E-state index is 13.7. The summed E-state index contributed by atoms with van der Waals surface area (Å²) in [5.41, 5.74) is 6.03. The molecule has 0 saturated heterocycles. The molecule has 168 valence electrons. The predicted octanol–water partition coefficient (Wildman–Crippen LogP) is 6.36. The van der Waals surface area contributed by atoms with Crippen molar-refractivity contribution in [3.63, 3.8) is 0 Å². The Labute approximate surface area is 184 Å². The number of halogens is 1. The van der Waals surface area contributed by atoms with Crippen LogP contribution in [0.3, 0.4) is 0 Å². The lowest BCUT2D eigenvalue weighted by atomic mass is 9.87. The summed E-state index contributed by atoms with van der Waals surface area (Å²) >= 11 is 0. The van der Waals surface area contributed by atoms with E-state index in [-0.39, 0.29) is 24.5 Å². The Morgan fingerprint density at radius 3 is 2.61 bits per heavy atom. The number of fused-ring (bicyclic) bond motifs is 1. The Morgan fingerprint density at radius 1 is 1.29 bits per heavy atom. The molecule has 2 atom stereocenters. The van der Waals surface area contributed by atoms with Crippen molar-refractivity contribution in [2.75, 3.05) is 26.9 Å². The molecule has 0 bridgehead atoms. The third kappa shape index (κ3) is 5.15. The van der Waals surface area contributed by atoms with E-state index in [1.54, 1.807) is 19.1 Å². The normalized spacial score (nSPS) is 17.0. The average molecular weight is 447 g/mol. The molecule has 5 nitrogen and oxygen atoms in total. The Morgan fingerprint density at radius 2 is 2.00 bits per heavy atom. The van der Waals surface area contributed by atoms with E-state index < -0.39 is 7.60 Å². The fourth-order valence-electron chi connectivity index (χ4n) is 3.94. The average Bonchev–Trinajstić information content (AvgIpc) is 2.95. The zero-order chi connectivity index (χ0) is 22.6. The SMILES string of the molecule is C=C1COCCc2c1nc(C(C)CC)c(CP(=O)(OC)OCC)c2-c1ccc(F)cc1. The second-order valence-corrected chi connectivity index (χ2v) is 9.93. The molecule has 3 rings (SSSR count). The van der Waals surface area contributed by atoms with Gasteiger partial charge < -0.3 is 13.8 Å². The number of pyridine rings is 1. The van der Waals surface area contributed by atoms with Gasteiger partial charge in [0.05, 0.1) is 31.7 Å². The van der Waals surface area contributed by atoms with Gasteiger partial charge in [-0.2, -0.15) is 0 Å². The standard InChI is InChI=1S/C24H31FNO4P/c1-6-16(3)23-21(15-31(27,28-5)30-7-2)22(18-8-10-19(25)11-9-18)20-12-13-29-14-17(4)24(20)26-23/h8-11,16H,4,6-7,12-15H2,1-3,5H3. The first-order chi connectivity index (χ1) is 14.8. The van der Waals surface area contributed by atoms with Gasteiger partial charge in [0, 0.05) is 12.8 Å². The highest BCUT2D eigenvalue weighted by molar-refractivity contribution is 7.53. The maximum atomic E-state index is 13.7. The minimum Gasteiger partial charge on any atom is -0.376 e. The molecule has 7 heteroatoms. The summed E-state index contributed by atoms with van der Waals surface area (Å²) in [7, 11) is -1.98. The number of aromatic nitrogens is 1. The summed E-state index contributed by atoms with van der Waals surface area (Å²) in [6.07, 6.45) is 1.58. The minimum atomic E-state index is -3.39. The summed E-state index contributed by atoms with van der Waals surface area (Å²) in [4.78, 5) is 5.02. The zero-order valence-corrected chi connectivity index (χ0v) is 19.6. The topological polar surface area (TPSA) is 57.7 Å². The smallest absolute Gasteiger partial charge is 0.334 e. The Hall–Kier alpha value is -1.85. The van der Waals surface area contributed by atoms with Gasteiger partial charge in [0.25, 0.3) is 0 Å². The quantitative estimate of drug-likeness (QED) is 0.441. The van der Waals surface area contributed by atoms with E-state index in [0.717, 1.165) is 45.6 Å². The Balaban J connectivity index is 2.36. The maximum Gasteiger partial charge on any atom is 0.334 e. The van der Waals surface area contributed by atoms with Crippen molar-refractivity contribution < 1.29 is 22.7 Å². The van der Waals surface area contributed by atoms with E-state index in [1.807, 2.05) is 0 Å². The largest absolute Gasteiger partial charge is 0.376 e. The summed E-state index contributed by atoms with van der Waals surface area (Å²) in [5, 5.41) is 0. The molecule has 1 aromatic heterocycles. The van der Waals surface area contributed by atoms with E-state index in [4.69, 9.17) is 18.8 Å². The first-order valence-electron chi connectivity index (χ1n) is 10.7. The van der Waals surface area contributed by atoms with Gasteiger partial charge in [-0.3, -0.25) is 9.55 Å². The van der Waals surface area contributed by atoms with Crippen molar-refractivity contribution in [2.24, 2.45) is 0 Å². The number of rotatable bonds is 8. The zero-order valence-electron chi connectivity index (χ0n) is 18.7. The number of nitrogens with zero attached hydrogens (tertiary/aromatic N) is 1. The molecule has 31 heavy (non-hydrogen) atoms. The molecule has 2 aromatic rings. The van der Waals surface area contributed by atoms with Crippen LogP contribution in [-0.4, -0.2) is 31.9 Å². The van der Waals surface area contributed by atoms with Crippen molar-refractivity contribution in [3.8, 4) is 11.1 Å². The molecule has 2 unspecified atom stereocenters. The summed E-state index contributed by atoms with van der Waals surface area (Å²) in [6, 6.07) is 6.38. The highest BCUT2D eigenvalue weighted by atomic mass is 31.2. The molecule has 2 heterocycles. The Kier molecular flexibility index (Phi) is 7.82. The van der Waals surface area contributed by atoms with Crippen LogP contribution in [0, 0.1) is 5.82 Å². The molecule has 0 fully saturated rings. The van der Waals surface area contributed by atoms with Gasteiger partial charge in [0.15, 0.2) is 0 Å². The van der Waals surface area contributed by atoms with Crippen LogP contribution < -0.4 is 0 Å². The van der Waals surface area contributed by atoms with E-state index in [0.29, 0.717) is 19.6 Å². The van der Waals surface area contributed by atoms with Crippen LogP contribution >= 0.6 is 7.60 Å². The fraction of sp³-hybridized carbons (Fsp3) is 0.458. The van der Waals surface area contributed by atoms with Crippen molar-refractivity contribution >= 4 is 13.2 Å². The van der Waals surface area contributed by atoms with E-state index in [9.17, 15) is 8.96 Å². The second-order valence-electron chi connectivity index (χ2n) is 7.77. The summed E-state index contributed by atoms with van der Waals surface area (Å²) in [5.74, 6) is -0.194. The first kappa shape index (κ1) is 23.8. The summed E-state index contributed by atoms with van der Waals surface area (Å²) < 4.78 is 43.7. The summed E-state index contributed by atoms with van der Waals surface area (Å²) in [6.45, 7) is 11.4. The minimum absolute atomic E-state index is 0.0946. The molecule has 0 radical (unpaired) electrons. The van der Waals surface area contributed by atoms with Crippen LogP contribution in [0.1, 0.15) is 55.6 Å². The number of benzene rings is 1. The third-order valence-electron chi connectivity index (χ3n) is 5.71. The van der Waals surface area contributed by atoms with Crippen LogP contribution in [0.4, 0.5) is 4.39 Å². The molecule has 0 aliphatic carbocycles. The fourth-order valence-corrected chi connectivity index (χ4v) is 5.36. The van der Waals surface area contributed by atoms with E-state index >= 15 is 0 Å².